The summed E-state index contributed by atoms with van der Waals surface area (Å²) in [5, 5.41) is 3.52. The fourth-order valence-corrected chi connectivity index (χ4v) is 7.35. The minimum Gasteiger partial charge on any atom is -0.351 e. The van der Waals surface area contributed by atoms with Gasteiger partial charge in [0, 0.05) is 48.2 Å². The van der Waals surface area contributed by atoms with Gasteiger partial charge in [-0.15, -0.1) is 0 Å². The first-order valence-electron chi connectivity index (χ1n) is 16.7. The van der Waals surface area contributed by atoms with Crippen LogP contribution in [0.3, 0.4) is 0 Å². The second kappa shape index (κ2) is 15.3. The fraction of sp³-hybridized carbons (Fsp3) is 0.447. The molecule has 1 saturated heterocycles. The predicted octanol–water partition coefficient (Wildman–Crippen LogP) is 6.79. The topological polar surface area (TPSA) is 95.7 Å². The highest BCUT2D eigenvalue weighted by Crippen LogP contribution is 2.39. The minimum atomic E-state index is -0.263. The van der Waals surface area contributed by atoms with Gasteiger partial charge in [0.2, 0.25) is 11.8 Å². The van der Waals surface area contributed by atoms with E-state index in [4.69, 9.17) is 17.3 Å². The van der Waals surface area contributed by atoms with Crippen LogP contribution in [0.25, 0.3) is 11.1 Å². The lowest BCUT2D eigenvalue weighted by atomic mass is 9.74. The molecule has 3 N–H and O–H groups in total. The zero-order valence-electron chi connectivity index (χ0n) is 27.1. The van der Waals surface area contributed by atoms with Crippen molar-refractivity contribution in [3.63, 3.8) is 0 Å². The highest BCUT2D eigenvalue weighted by atomic mass is 35.5. The molecule has 0 spiro atoms. The Morgan fingerprint density at radius 2 is 1.67 bits per heavy atom. The van der Waals surface area contributed by atoms with Crippen LogP contribution in [0.1, 0.15) is 86.3 Å². The summed E-state index contributed by atoms with van der Waals surface area (Å²) >= 11 is 6.13. The Morgan fingerprint density at radius 3 is 2.37 bits per heavy atom. The van der Waals surface area contributed by atoms with E-state index in [2.05, 4.69) is 31.3 Å². The number of piperidine rings is 1. The predicted molar refractivity (Wildman–Crippen MR) is 184 cm³/mol. The molecule has 3 aromatic carbocycles. The number of nitrogens with two attached hydrogens (primary N) is 1. The first kappa shape index (κ1) is 33.7. The van der Waals surface area contributed by atoms with Crippen molar-refractivity contribution in [1.29, 1.82) is 0 Å². The molecule has 2 fully saturated rings. The third kappa shape index (κ3) is 7.81. The van der Waals surface area contributed by atoms with E-state index < -0.39 is 0 Å². The van der Waals surface area contributed by atoms with Gasteiger partial charge in [0.05, 0.1) is 12.5 Å². The summed E-state index contributed by atoms with van der Waals surface area (Å²) in [6, 6.07) is 22.9. The Labute approximate surface area is 278 Å². The molecule has 0 bridgehead atoms. The molecule has 0 radical (unpaired) electrons. The SMILES string of the molecule is CC(c1cccc(-c2ccccc2C(=O)NCCN)c1)N(C(=O)Cc1ccc(Cl)cc1)C1CCN(C(=O)C2(C)CCCCC2)CC1. The highest BCUT2D eigenvalue weighted by molar-refractivity contribution is 6.30. The van der Waals surface area contributed by atoms with E-state index in [1.807, 2.05) is 70.5 Å². The van der Waals surface area contributed by atoms with Crippen LogP contribution in [0.2, 0.25) is 5.02 Å². The average molecular weight is 643 g/mol. The van der Waals surface area contributed by atoms with Crippen LogP contribution >= 0.6 is 11.6 Å². The van der Waals surface area contributed by atoms with E-state index in [9.17, 15) is 14.4 Å². The Hall–Kier alpha value is -3.68. The van der Waals surface area contributed by atoms with Gasteiger partial charge in [0.25, 0.3) is 5.91 Å². The molecular weight excluding hydrogens is 596 g/mol. The summed E-state index contributed by atoms with van der Waals surface area (Å²) in [4.78, 5) is 44.8. The lowest BCUT2D eigenvalue weighted by Crippen LogP contribution is -2.52. The monoisotopic (exact) mass is 642 g/mol. The number of rotatable bonds is 10. The van der Waals surface area contributed by atoms with Crippen LogP contribution in [0, 0.1) is 5.41 Å². The molecule has 1 atom stereocenters. The van der Waals surface area contributed by atoms with E-state index in [0.717, 1.165) is 60.8 Å². The van der Waals surface area contributed by atoms with Gasteiger partial charge >= 0.3 is 0 Å². The molecule has 7 nitrogen and oxygen atoms in total. The van der Waals surface area contributed by atoms with Crippen molar-refractivity contribution >= 4 is 29.3 Å². The minimum absolute atomic E-state index is 0.00371. The van der Waals surface area contributed by atoms with Crippen molar-refractivity contribution in [3.05, 3.63) is 94.5 Å². The number of amides is 3. The molecule has 1 aliphatic heterocycles. The Morgan fingerprint density at radius 1 is 0.978 bits per heavy atom. The number of carbonyl (C=O) groups is 3. The summed E-state index contributed by atoms with van der Waals surface area (Å²) in [6.07, 6.45) is 7.11. The Bertz CT molecular complexity index is 1510. The van der Waals surface area contributed by atoms with E-state index in [1.54, 1.807) is 0 Å². The fourth-order valence-electron chi connectivity index (χ4n) is 7.22. The number of benzene rings is 3. The number of hydrogen-bond acceptors (Lipinski definition) is 4. The van der Waals surface area contributed by atoms with E-state index in [-0.39, 0.29) is 41.6 Å². The van der Waals surface area contributed by atoms with E-state index >= 15 is 0 Å². The maximum absolute atomic E-state index is 14.2. The standard InChI is InChI=1S/C38H47ClN4O3/c1-27(29-9-8-10-30(26-29)33-11-4-5-12-34(33)36(45)41-22-21-40)43(35(44)25-28-13-15-31(39)16-14-28)32-17-23-42(24-18-32)37(46)38(2)19-6-3-7-20-38/h4-5,8-16,26-27,32H,3,6-7,17-25,40H2,1-2H3,(H,41,45). The normalized spacial score (nSPS) is 17.3. The molecule has 8 heteroatoms. The van der Waals surface area contributed by atoms with Gasteiger partial charge in [-0.25, -0.2) is 0 Å². The van der Waals surface area contributed by atoms with Gasteiger partial charge in [-0.2, -0.15) is 0 Å². The van der Waals surface area contributed by atoms with Crippen molar-refractivity contribution < 1.29 is 14.4 Å². The van der Waals surface area contributed by atoms with Crippen LogP contribution in [0.5, 0.6) is 0 Å². The van der Waals surface area contributed by atoms with E-state index in [0.29, 0.717) is 36.8 Å². The summed E-state index contributed by atoms with van der Waals surface area (Å²) in [5.74, 6) is 0.160. The summed E-state index contributed by atoms with van der Waals surface area (Å²) in [5.41, 5.74) is 9.58. The number of halogens is 1. The molecule has 5 rings (SSSR count). The molecule has 2 aliphatic rings. The van der Waals surface area contributed by atoms with Crippen LogP contribution in [0.4, 0.5) is 0 Å². The zero-order chi connectivity index (χ0) is 32.7. The van der Waals surface area contributed by atoms with Crippen molar-refractivity contribution in [2.75, 3.05) is 26.2 Å². The summed E-state index contributed by atoms with van der Waals surface area (Å²) < 4.78 is 0. The lowest BCUT2D eigenvalue weighted by Gasteiger charge is -2.44. The first-order chi connectivity index (χ1) is 22.2. The van der Waals surface area contributed by atoms with E-state index in [1.165, 1.54) is 6.42 Å². The van der Waals surface area contributed by atoms with Crippen LogP contribution in [0.15, 0.2) is 72.8 Å². The molecule has 1 saturated carbocycles. The molecule has 3 amide bonds. The molecule has 0 aromatic heterocycles. The van der Waals surface area contributed by atoms with Gasteiger partial charge in [-0.3, -0.25) is 14.4 Å². The van der Waals surface area contributed by atoms with Gasteiger partial charge in [-0.1, -0.05) is 86.3 Å². The van der Waals surface area contributed by atoms with Crippen molar-refractivity contribution in [2.24, 2.45) is 11.1 Å². The number of hydrogen-bond donors (Lipinski definition) is 2. The number of nitrogens with zero attached hydrogens (tertiary/aromatic N) is 2. The molecule has 3 aromatic rings. The third-order valence-electron chi connectivity index (χ3n) is 9.87. The summed E-state index contributed by atoms with van der Waals surface area (Å²) in [6.45, 7) is 6.30. The van der Waals surface area contributed by atoms with Crippen molar-refractivity contribution in [2.45, 2.75) is 77.3 Å². The quantitative estimate of drug-likeness (QED) is 0.255. The second-order valence-corrected chi connectivity index (χ2v) is 13.6. The first-order valence-corrected chi connectivity index (χ1v) is 17.1. The maximum atomic E-state index is 14.2. The van der Waals surface area contributed by atoms with Crippen molar-refractivity contribution in [1.82, 2.24) is 15.1 Å². The second-order valence-electron chi connectivity index (χ2n) is 13.1. The van der Waals surface area contributed by atoms with Gasteiger partial charge in [0.1, 0.15) is 0 Å². The number of carbonyl (C=O) groups excluding carboxylic acids is 3. The zero-order valence-corrected chi connectivity index (χ0v) is 27.9. The molecule has 1 heterocycles. The van der Waals surface area contributed by atoms with Crippen molar-refractivity contribution in [3.8, 4) is 11.1 Å². The number of likely N-dealkylation sites (tertiary alicyclic amines) is 1. The highest BCUT2D eigenvalue weighted by Gasteiger charge is 2.40. The summed E-state index contributed by atoms with van der Waals surface area (Å²) in [7, 11) is 0. The molecule has 244 valence electrons. The average Bonchev–Trinajstić information content (AvgIpc) is 3.08. The molecule has 1 unspecified atom stereocenters. The molecule has 46 heavy (non-hydrogen) atoms. The van der Waals surface area contributed by atoms with Crippen LogP contribution in [-0.2, 0) is 16.0 Å². The molecule has 1 aliphatic carbocycles. The lowest BCUT2D eigenvalue weighted by molar-refractivity contribution is -0.146. The van der Waals surface area contributed by atoms with Gasteiger partial charge in [0.15, 0.2) is 0 Å². The van der Waals surface area contributed by atoms with Crippen LogP contribution < -0.4 is 11.1 Å². The Kier molecular flexibility index (Phi) is 11.2. The smallest absolute Gasteiger partial charge is 0.251 e. The molecular formula is C38H47ClN4O3. The largest absolute Gasteiger partial charge is 0.351 e. The van der Waals surface area contributed by atoms with Crippen LogP contribution in [-0.4, -0.2) is 59.7 Å². The maximum Gasteiger partial charge on any atom is 0.251 e. The van der Waals surface area contributed by atoms with Gasteiger partial charge < -0.3 is 20.9 Å². The third-order valence-corrected chi connectivity index (χ3v) is 10.1. The van der Waals surface area contributed by atoms with Gasteiger partial charge in [-0.05, 0) is 79.1 Å². The Balaban J connectivity index is 1.40. The number of nitrogens with one attached hydrogen (secondary N) is 1.